The highest BCUT2D eigenvalue weighted by molar-refractivity contribution is 7.05. The fraction of sp³-hybridized carbons (Fsp3) is 0.643. The normalized spacial score (nSPS) is 18.9. The second-order valence-electron chi connectivity index (χ2n) is 5.61. The van der Waals surface area contributed by atoms with Crippen LogP contribution in [0.5, 0.6) is 0 Å². The summed E-state index contributed by atoms with van der Waals surface area (Å²) in [6.45, 7) is 6.06. The summed E-state index contributed by atoms with van der Waals surface area (Å²) in [6, 6.07) is 1.96. The molecule has 1 atom stereocenters. The molecule has 1 aromatic rings. The molecule has 0 saturated carbocycles. The molecule has 1 aliphatic heterocycles. The van der Waals surface area contributed by atoms with Crippen molar-refractivity contribution in [1.29, 1.82) is 0 Å². The summed E-state index contributed by atoms with van der Waals surface area (Å²) in [4.78, 5) is 26.8. The van der Waals surface area contributed by atoms with Gasteiger partial charge in [-0.2, -0.15) is 0 Å². The van der Waals surface area contributed by atoms with Crippen LogP contribution in [-0.4, -0.2) is 40.7 Å². The topological polar surface area (TPSA) is 62.3 Å². The van der Waals surface area contributed by atoms with E-state index in [-0.39, 0.29) is 17.7 Å². The van der Waals surface area contributed by atoms with Crippen molar-refractivity contribution < 1.29 is 9.59 Å². The van der Waals surface area contributed by atoms with E-state index < -0.39 is 0 Å². The van der Waals surface area contributed by atoms with Crippen molar-refractivity contribution in [3.8, 4) is 0 Å². The Morgan fingerprint density at radius 3 is 3.05 bits per heavy atom. The number of likely N-dealkylation sites (tertiary alicyclic amines) is 1. The molecule has 1 fully saturated rings. The minimum atomic E-state index is -0.192. The second-order valence-corrected chi connectivity index (χ2v) is 6.53. The minimum absolute atomic E-state index is 0.00544. The monoisotopic (exact) mass is 295 g/mol. The Bertz CT molecular complexity index is 459. The Morgan fingerprint density at radius 1 is 1.60 bits per heavy atom. The lowest BCUT2D eigenvalue weighted by Crippen LogP contribution is -2.34. The molecule has 1 aliphatic rings. The average molecular weight is 295 g/mol. The van der Waals surface area contributed by atoms with Crippen LogP contribution in [0.4, 0.5) is 0 Å². The Morgan fingerprint density at radius 2 is 2.40 bits per heavy atom. The largest absolute Gasteiger partial charge is 0.355 e. The van der Waals surface area contributed by atoms with Crippen molar-refractivity contribution in [1.82, 2.24) is 14.6 Å². The first-order valence-corrected chi connectivity index (χ1v) is 7.78. The van der Waals surface area contributed by atoms with Crippen LogP contribution in [-0.2, 0) is 16.0 Å². The van der Waals surface area contributed by atoms with Gasteiger partial charge in [0, 0.05) is 43.5 Å². The van der Waals surface area contributed by atoms with Gasteiger partial charge in [0.15, 0.2) is 0 Å². The highest BCUT2D eigenvalue weighted by atomic mass is 32.1. The zero-order valence-corrected chi connectivity index (χ0v) is 12.8. The third kappa shape index (κ3) is 4.03. The van der Waals surface area contributed by atoms with Gasteiger partial charge in [0.1, 0.15) is 0 Å². The van der Waals surface area contributed by atoms with Gasteiger partial charge in [-0.1, -0.05) is 13.8 Å². The van der Waals surface area contributed by atoms with Crippen LogP contribution >= 0.6 is 11.5 Å². The lowest BCUT2D eigenvalue weighted by Gasteiger charge is -2.18. The molecule has 5 nitrogen and oxygen atoms in total. The summed E-state index contributed by atoms with van der Waals surface area (Å²) in [5.74, 6) is 0.338. The van der Waals surface area contributed by atoms with Gasteiger partial charge < -0.3 is 10.2 Å². The highest BCUT2D eigenvalue weighted by Gasteiger charge is 2.34. The molecular weight excluding hydrogens is 274 g/mol. The lowest BCUT2D eigenvalue weighted by atomic mass is 10.1. The van der Waals surface area contributed by atoms with E-state index in [1.165, 1.54) is 11.5 Å². The van der Waals surface area contributed by atoms with Crippen molar-refractivity contribution in [2.45, 2.75) is 26.7 Å². The molecule has 0 radical (unpaired) electrons. The standard InChI is InChI=1S/C14H21N3O2S/c1-10(2)8-17-9-11(7-13(17)18)14(19)15-5-3-12-4-6-16-20-12/h4,6,10-11H,3,5,7-9H2,1-2H3,(H,15,19). The number of rotatable bonds is 6. The maximum atomic E-state index is 12.0. The SMILES string of the molecule is CC(C)CN1CC(C(=O)NCCc2ccns2)CC1=O. The first-order valence-electron chi connectivity index (χ1n) is 7.01. The maximum Gasteiger partial charge on any atom is 0.225 e. The molecule has 1 aromatic heterocycles. The fourth-order valence-electron chi connectivity index (χ4n) is 2.39. The smallest absolute Gasteiger partial charge is 0.225 e. The molecule has 1 unspecified atom stereocenters. The molecule has 0 bridgehead atoms. The van der Waals surface area contributed by atoms with Crippen molar-refractivity contribution in [2.75, 3.05) is 19.6 Å². The van der Waals surface area contributed by atoms with Crippen molar-refractivity contribution in [3.63, 3.8) is 0 Å². The molecule has 110 valence electrons. The number of carbonyl (C=O) groups is 2. The summed E-state index contributed by atoms with van der Waals surface area (Å²) in [7, 11) is 0. The molecule has 2 rings (SSSR count). The zero-order chi connectivity index (χ0) is 14.5. The average Bonchev–Trinajstić information content (AvgIpc) is 3.00. The van der Waals surface area contributed by atoms with E-state index in [1.807, 2.05) is 6.07 Å². The number of amides is 2. The minimum Gasteiger partial charge on any atom is -0.355 e. The molecule has 20 heavy (non-hydrogen) atoms. The first-order chi connectivity index (χ1) is 9.56. The predicted octanol–water partition coefficient (Wildman–Crippen LogP) is 1.31. The third-order valence-electron chi connectivity index (χ3n) is 3.33. The number of carbonyl (C=O) groups excluding carboxylic acids is 2. The Balaban J connectivity index is 1.74. The van der Waals surface area contributed by atoms with Crippen LogP contribution in [0.25, 0.3) is 0 Å². The summed E-state index contributed by atoms with van der Waals surface area (Å²) >= 11 is 1.45. The number of hydrogen-bond acceptors (Lipinski definition) is 4. The molecule has 0 spiro atoms. The molecule has 0 aromatic carbocycles. The van der Waals surface area contributed by atoms with Crippen LogP contribution in [0, 0.1) is 11.8 Å². The summed E-state index contributed by atoms with van der Waals surface area (Å²) < 4.78 is 4.02. The summed E-state index contributed by atoms with van der Waals surface area (Å²) in [5, 5.41) is 2.92. The van der Waals surface area contributed by atoms with Gasteiger partial charge >= 0.3 is 0 Å². The van der Waals surface area contributed by atoms with Gasteiger partial charge in [-0.3, -0.25) is 9.59 Å². The molecule has 0 aliphatic carbocycles. The van der Waals surface area contributed by atoms with Gasteiger partial charge in [-0.05, 0) is 23.5 Å². The van der Waals surface area contributed by atoms with Gasteiger partial charge in [0.05, 0.1) is 5.92 Å². The van der Waals surface area contributed by atoms with Crippen molar-refractivity contribution >= 4 is 23.3 Å². The van der Waals surface area contributed by atoms with Crippen molar-refractivity contribution in [2.24, 2.45) is 11.8 Å². The molecular formula is C14H21N3O2S. The fourth-order valence-corrected chi connectivity index (χ4v) is 2.96. The van der Waals surface area contributed by atoms with Gasteiger partial charge in [-0.15, -0.1) is 0 Å². The van der Waals surface area contributed by atoms with E-state index >= 15 is 0 Å². The van der Waals surface area contributed by atoms with Crippen LogP contribution in [0.15, 0.2) is 12.3 Å². The molecule has 1 N–H and O–H groups in total. The molecule has 6 heteroatoms. The Labute approximate surface area is 123 Å². The van der Waals surface area contributed by atoms with Gasteiger partial charge in [-0.25, -0.2) is 4.37 Å². The maximum absolute atomic E-state index is 12.0. The number of nitrogens with zero attached hydrogens (tertiary/aromatic N) is 2. The van der Waals surface area contributed by atoms with Crippen LogP contribution in [0.3, 0.4) is 0 Å². The van der Waals surface area contributed by atoms with E-state index in [0.29, 0.717) is 25.4 Å². The van der Waals surface area contributed by atoms with Gasteiger partial charge in [0.25, 0.3) is 0 Å². The van der Waals surface area contributed by atoms with E-state index in [2.05, 4.69) is 23.5 Å². The molecule has 2 amide bonds. The van der Waals surface area contributed by atoms with E-state index in [0.717, 1.165) is 17.8 Å². The molecule has 2 heterocycles. The summed E-state index contributed by atoms with van der Waals surface area (Å²) in [6.07, 6.45) is 2.91. The van der Waals surface area contributed by atoms with Crippen molar-refractivity contribution in [3.05, 3.63) is 17.1 Å². The quantitative estimate of drug-likeness (QED) is 0.860. The number of hydrogen-bond donors (Lipinski definition) is 1. The number of nitrogens with one attached hydrogen (secondary N) is 1. The van der Waals surface area contributed by atoms with Gasteiger partial charge in [0.2, 0.25) is 11.8 Å². The third-order valence-corrected chi connectivity index (χ3v) is 4.13. The van der Waals surface area contributed by atoms with E-state index in [1.54, 1.807) is 11.1 Å². The van der Waals surface area contributed by atoms with Crippen LogP contribution < -0.4 is 5.32 Å². The van der Waals surface area contributed by atoms with E-state index in [9.17, 15) is 9.59 Å². The second kappa shape index (κ2) is 6.83. The van der Waals surface area contributed by atoms with E-state index in [4.69, 9.17) is 0 Å². The summed E-state index contributed by atoms with van der Waals surface area (Å²) in [5.41, 5.74) is 0. The molecule has 1 saturated heterocycles. The Kier molecular flexibility index (Phi) is 5.11. The Hall–Kier alpha value is -1.43. The number of aromatic nitrogens is 1. The van der Waals surface area contributed by atoms with Crippen LogP contribution in [0.1, 0.15) is 25.1 Å². The lowest BCUT2D eigenvalue weighted by molar-refractivity contribution is -0.129. The highest BCUT2D eigenvalue weighted by Crippen LogP contribution is 2.19. The predicted molar refractivity (Wildman–Crippen MR) is 78.4 cm³/mol. The first kappa shape index (κ1) is 15.0. The van der Waals surface area contributed by atoms with Crippen LogP contribution in [0.2, 0.25) is 0 Å². The zero-order valence-electron chi connectivity index (χ0n) is 12.0.